The summed E-state index contributed by atoms with van der Waals surface area (Å²) in [6.07, 6.45) is 0. The molecule has 0 N–H and O–H groups in total. The molecule has 3 aromatic carbocycles. The molecular formula is C21H17N3. The lowest BCUT2D eigenvalue weighted by Gasteiger charge is -2.20. The first kappa shape index (κ1) is 14.6. The van der Waals surface area contributed by atoms with Gasteiger partial charge in [0.25, 0.3) is 0 Å². The van der Waals surface area contributed by atoms with Gasteiger partial charge in [-0.15, -0.1) is 0 Å². The molecular weight excluding hydrogens is 294 g/mol. The van der Waals surface area contributed by atoms with Crippen molar-refractivity contribution in [1.29, 1.82) is 0 Å². The summed E-state index contributed by atoms with van der Waals surface area (Å²) in [7, 11) is 0. The van der Waals surface area contributed by atoms with Crippen LogP contribution < -0.4 is 0 Å². The molecule has 0 saturated carbocycles. The summed E-state index contributed by atoms with van der Waals surface area (Å²) in [5.41, 5.74) is 18.2. The Hall–Kier alpha value is -3.03. The van der Waals surface area contributed by atoms with Gasteiger partial charge in [0.2, 0.25) is 0 Å². The zero-order valence-electron chi connectivity index (χ0n) is 13.7. The summed E-state index contributed by atoms with van der Waals surface area (Å²) >= 11 is 0. The molecule has 0 atom stereocenters. The number of hydrogen-bond acceptors (Lipinski definition) is 1. The van der Waals surface area contributed by atoms with Gasteiger partial charge in [0.05, 0.1) is 0 Å². The number of rotatable bonds is 2. The maximum Gasteiger partial charge on any atom is 0.0422 e. The fourth-order valence-corrected chi connectivity index (χ4v) is 3.93. The molecule has 0 unspecified atom stereocenters. The van der Waals surface area contributed by atoms with Gasteiger partial charge in [-0.2, -0.15) is 0 Å². The van der Waals surface area contributed by atoms with Crippen molar-refractivity contribution in [3.8, 4) is 11.1 Å². The molecule has 0 radical (unpaired) electrons. The highest BCUT2D eigenvalue weighted by Gasteiger charge is 2.31. The lowest BCUT2D eigenvalue weighted by molar-refractivity contribution is 0.991. The molecule has 3 aromatic rings. The molecule has 0 fully saturated rings. The summed E-state index contributed by atoms with van der Waals surface area (Å²) in [6.45, 7) is 4.13. The lowest BCUT2D eigenvalue weighted by atomic mass is 9.85. The molecule has 0 amide bonds. The van der Waals surface area contributed by atoms with Gasteiger partial charge in [-0.3, -0.25) is 0 Å². The molecule has 116 valence electrons. The smallest absolute Gasteiger partial charge is 0.0422 e. The molecule has 0 bridgehead atoms. The third kappa shape index (κ3) is 2.10. The van der Waals surface area contributed by atoms with E-state index in [-0.39, 0.29) is 5.92 Å². The Balaban J connectivity index is 2.06. The quantitative estimate of drug-likeness (QED) is 0.233. The predicted octanol–water partition coefficient (Wildman–Crippen LogP) is 6.41. The van der Waals surface area contributed by atoms with Crippen LogP contribution >= 0.6 is 0 Å². The molecule has 24 heavy (non-hydrogen) atoms. The second-order valence-electron chi connectivity index (χ2n) is 6.31. The zero-order valence-corrected chi connectivity index (χ0v) is 13.7. The van der Waals surface area contributed by atoms with Crippen molar-refractivity contribution in [3.05, 3.63) is 98.9 Å². The van der Waals surface area contributed by atoms with Gasteiger partial charge in [0.15, 0.2) is 0 Å². The Morgan fingerprint density at radius 3 is 2.04 bits per heavy atom. The Labute approximate surface area is 141 Å². The monoisotopic (exact) mass is 311 g/mol. The third-order valence-electron chi connectivity index (χ3n) is 4.78. The van der Waals surface area contributed by atoms with E-state index in [0.717, 1.165) is 22.4 Å². The van der Waals surface area contributed by atoms with Crippen molar-refractivity contribution < 1.29 is 0 Å². The van der Waals surface area contributed by atoms with Gasteiger partial charge < -0.3 is 0 Å². The van der Waals surface area contributed by atoms with E-state index in [0.29, 0.717) is 0 Å². The van der Waals surface area contributed by atoms with E-state index in [2.05, 4.69) is 71.5 Å². The topological polar surface area (TPSA) is 48.8 Å². The van der Waals surface area contributed by atoms with Crippen LogP contribution in [0.5, 0.6) is 0 Å². The molecule has 0 saturated heterocycles. The molecule has 0 spiro atoms. The number of aryl methyl sites for hydroxylation is 2. The maximum atomic E-state index is 9.02. The van der Waals surface area contributed by atoms with Crippen LogP contribution in [-0.4, -0.2) is 0 Å². The SMILES string of the molecule is Cc1cc(C)c(C2c3ccccc3-c3ccccc32)c(N=[N+]=[N-])c1. The average molecular weight is 311 g/mol. The largest absolute Gasteiger partial charge is 0.0619 e. The molecule has 0 aliphatic heterocycles. The maximum absolute atomic E-state index is 9.02. The summed E-state index contributed by atoms with van der Waals surface area (Å²) in [5.74, 6) is 0.110. The van der Waals surface area contributed by atoms with Gasteiger partial charge in [0.1, 0.15) is 0 Å². The van der Waals surface area contributed by atoms with Gasteiger partial charge in [-0.1, -0.05) is 65.3 Å². The molecule has 3 nitrogen and oxygen atoms in total. The summed E-state index contributed by atoms with van der Waals surface area (Å²) < 4.78 is 0. The first-order valence-corrected chi connectivity index (χ1v) is 8.05. The highest BCUT2D eigenvalue weighted by molar-refractivity contribution is 5.82. The predicted molar refractivity (Wildman–Crippen MR) is 97.5 cm³/mol. The minimum Gasteiger partial charge on any atom is -0.0619 e. The second-order valence-corrected chi connectivity index (χ2v) is 6.31. The Morgan fingerprint density at radius 2 is 1.46 bits per heavy atom. The summed E-state index contributed by atoms with van der Waals surface area (Å²) in [4.78, 5) is 3.06. The number of nitrogens with zero attached hydrogens (tertiary/aromatic N) is 3. The highest BCUT2D eigenvalue weighted by Crippen LogP contribution is 2.50. The van der Waals surface area contributed by atoms with E-state index in [9.17, 15) is 0 Å². The zero-order chi connectivity index (χ0) is 16.7. The molecule has 1 aliphatic carbocycles. The molecule has 0 heterocycles. The number of fused-ring (bicyclic) bond motifs is 3. The van der Waals surface area contributed by atoms with E-state index in [1.54, 1.807) is 0 Å². The number of azide groups is 1. The van der Waals surface area contributed by atoms with Crippen LogP contribution in [0.4, 0.5) is 5.69 Å². The molecule has 3 heteroatoms. The van der Waals surface area contributed by atoms with Crippen molar-refractivity contribution in [2.24, 2.45) is 5.11 Å². The van der Waals surface area contributed by atoms with E-state index in [1.807, 2.05) is 13.0 Å². The van der Waals surface area contributed by atoms with Crippen molar-refractivity contribution in [3.63, 3.8) is 0 Å². The van der Waals surface area contributed by atoms with Crippen LogP contribution in [-0.2, 0) is 0 Å². The summed E-state index contributed by atoms with van der Waals surface area (Å²) in [5, 5.41) is 4.00. The third-order valence-corrected chi connectivity index (χ3v) is 4.78. The number of benzene rings is 3. The van der Waals surface area contributed by atoms with Crippen LogP contribution in [0.25, 0.3) is 21.6 Å². The van der Waals surface area contributed by atoms with Crippen LogP contribution in [0.15, 0.2) is 65.8 Å². The van der Waals surface area contributed by atoms with E-state index < -0.39 is 0 Å². The van der Waals surface area contributed by atoms with Gasteiger partial charge in [0, 0.05) is 16.5 Å². The molecule has 0 aromatic heterocycles. The van der Waals surface area contributed by atoms with E-state index in [1.165, 1.54) is 22.3 Å². The Morgan fingerprint density at radius 1 is 0.875 bits per heavy atom. The highest BCUT2D eigenvalue weighted by atomic mass is 15.1. The van der Waals surface area contributed by atoms with Gasteiger partial charge in [-0.25, -0.2) is 0 Å². The van der Waals surface area contributed by atoms with Crippen molar-refractivity contribution in [2.75, 3.05) is 0 Å². The average Bonchev–Trinajstić information content (AvgIpc) is 2.90. The summed E-state index contributed by atoms with van der Waals surface area (Å²) in [6, 6.07) is 21.2. The number of hydrogen-bond donors (Lipinski definition) is 0. The minimum absolute atomic E-state index is 0.110. The standard InChI is InChI=1S/C21H17N3/c1-13-11-14(2)20(19(12-13)23-24-22)21-17-9-5-3-7-15(17)16-8-4-6-10-18(16)21/h3-12,21H,1-2H3. The van der Waals surface area contributed by atoms with Crippen molar-refractivity contribution >= 4 is 5.69 Å². The normalized spacial score (nSPS) is 12.4. The fraction of sp³-hybridized carbons (Fsp3) is 0.143. The lowest BCUT2D eigenvalue weighted by Crippen LogP contribution is -2.02. The van der Waals surface area contributed by atoms with Crippen LogP contribution in [0.3, 0.4) is 0 Å². The Bertz CT molecular complexity index is 952. The first-order chi connectivity index (χ1) is 11.7. The van der Waals surface area contributed by atoms with Crippen LogP contribution in [0.1, 0.15) is 33.7 Å². The first-order valence-electron chi connectivity index (χ1n) is 8.05. The molecule has 1 aliphatic rings. The van der Waals surface area contributed by atoms with E-state index in [4.69, 9.17) is 5.53 Å². The van der Waals surface area contributed by atoms with Crippen LogP contribution in [0.2, 0.25) is 0 Å². The second kappa shape index (κ2) is 5.55. The van der Waals surface area contributed by atoms with Crippen molar-refractivity contribution in [1.82, 2.24) is 0 Å². The van der Waals surface area contributed by atoms with Crippen molar-refractivity contribution in [2.45, 2.75) is 19.8 Å². The van der Waals surface area contributed by atoms with E-state index >= 15 is 0 Å². The van der Waals surface area contributed by atoms with Crippen LogP contribution in [0, 0.1) is 13.8 Å². The van der Waals surface area contributed by atoms with Gasteiger partial charge >= 0.3 is 0 Å². The Kier molecular flexibility index (Phi) is 3.37. The minimum atomic E-state index is 0.110. The molecule has 4 rings (SSSR count). The fourth-order valence-electron chi connectivity index (χ4n) is 3.93. The van der Waals surface area contributed by atoms with Gasteiger partial charge in [-0.05, 0) is 58.8 Å².